The van der Waals surface area contributed by atoms with Gasteiger partial charge in [-0.05, 0) is 6.92 Å². The molecule has 20 heavy (non-hydrogen) atoms. The van der Waals surface area contributed by atoms with Crippen LogP contribution in [0.15, 0.2) is 15.1 Å². The lowest BCUT2D eigenvalue weighted by molar-refractivity contribution is -0.0429. The maximum Gasteiger partial charge on any atom is 0.188 e. The van der Waals surface area contributed by atoms with Crippen molar-refractivity contribution in [2.75, 3.05) is 6.61 Å². The summed E-state index contributed by atoms with van der Waals surface area (Å²) in [6.07, 6.45) is -3.60. The number of hydrogen-bond donors (Lipinski definition) is 3. The fourth-order valence-electron chi connectivity index (χ4n) is 2.78. The zero-order chi connectivity index (χ0) is 14.4. The number of nitrogens with zero attached hydrogens (tertiary/aromatic N) is 4. The second-order valence-corrected chi connectivity index (χ2v) is 5.03. The molecular formula is C11H16FN5O3. The maximum absolute atomic E-state index is 14.2. The van der Waals surface area contributed by atoms with Crippen LogP contribution >= 0.6 is 0 Å². The van der Waals surface area contributed by atoms with Crippen molar-refractivity contribution >= 4 is 18.0 Å². The number of halogens is 1. The lowest BCUT2D eigenvalue weighted by atomic mass is 9.99. The van der Waals surface area contributed by atoms with E-state index in [1.807, 2.05) is 0 Å². The van der Waals surface area contributed by atoms with Gasteiger partial charge in [-0.1, -0.05) is 0 Å². The van der Waals surface area contributed by atoms with E-state index in [1.165, 1.54) is 11.3 Å². The summed E-state index contributed by atoms with van der Waals surface area (Å²) in [7, 11) is 0. The largest absolute Gasteiger partial charge is 0.394 e. The Morgan fingerprint density at radius 3 is 2.95 bits per heavy atom. The van der Waals surface area contributed by atoms with Crippen LogP contribution in [0.25, 0.3) is 0 Å². The number of nitrogens with two attached hydrogens (primary N) is 1. The zero-order valence-electron chi connectivity index (χ0n) is 10.8. The Labute approximate surface area is 114 Å². The Morgan fingerprint density at radius 2 is 2.30 bits per heavy atom. The highest BCUT2D eigenvalue weighted by molar-refractivity contribution is 6.42. The molecule has 0 radical (unpaired) electrons. The van der Waals surface area contributed by atoms with Gasteiger partial charge in [0.15, 0.2) is 17.8 Å². The third-order valence-electron chi connectivity index (χ3n) is 3.79. The second kappa shape index (κ2) is 4.76. The van der Waals surface area contributed by atoms with E-state index in [2.05, 4.69) is 15.1 Å². The highest BCUT2D eigenvalue weighted by Crippen LogP contribution is 2.33. The molecule has 3 heterocycles. The lowest BCUT2D eigenvalue weighted by Crippen LogP contribution is -2.51. The van der Waals surface area contributed by atoms with Crippen LogP contribution in [0.3, 0.4) is 0 Å². The smallest absolute Gasteiger partial charge is 0.188 e. The van der Waals surface area contributed by atoms with Gasteiger partial charge in [-0.25, -0.2) is 14.4 Å². The molecule has 8 nitrogen and oxygen atoms in total. The van der Waals surface area contributed by atoms with E-state index in [0.717, 1.165) is 0 Å². The van der Waals surface area contributed by atoms with E-state index >= 15 is 0 Å². The van der Waals surface area contributed by atoms with Crippen molar-refractivity contribution in [1.29, 1.82) is 0 Å². The highest BCUT2D eigenvalue weighted by Gasteiger charge is 2.53. The van der Waals surface area contributed by atoms with Crippen LogP contribution in [0.2, 0.25) is 0 Å². The fourth-order valence-corrected chi connectivity index (χ4v) is 2.78. The first-order chi connectivity index (χ1) is 9.54. The molecule has 1 fully saturated rings. The Morgan fingerprint density at radius 1 is 1.55 bits per heavy atom. The van der Waals surface area contributed by atoms with E-state index in [1.54, 1.807) is 6.92 Å². The lowest BCUT2D eigenvalue weighted by Gasteiger charge is -2.30. The molecule has 0 aromatic heterocycles. The van der Waals surface area contributed by atoms with Gasteiger partial charge < -0.3 is 20.7 Å². The Bertz CT molecular complexity index is 496. The first-order valence-corrected chi connectivity index (χ1v) is 6.36. The molecule has 0 aromatic carbocycles. The molecule has 0 bridgehead atoms. The minimum Gasteiger partial charge on any atom is -0.394 e. The third-order valence-corrected chi connectivity index (χ3v) is 3.79. The van der Waals surface area contributed by atoms with Crippen LogP contribution in [0.1, 0.15) is 6.92 Å². The van der Waals surface area contributed by atoms with Crippen LogP contribution in [0.4, 0.5) is 4.39 Å². The van der Waals surface area contributed by atoms with Crippen molar-refractivity contribution < 1.29 is 19.3 Å². The summed E-state index contributed by atoms with van der Waals surface area (Å²) in [5.74, 6) is 0.588. The number of ether oxygens (including phenoxy) is 1. The molecule has 110 valence electrons. The molecule has 9 heteroatoms. The normalized spacial score (nSPS) is 43.5. The number of hydrogen-bond acceptors (Lipinski definition) is 8. The Balaban J connectivity index is 1.86. The number of hydrazone groups is 1. The van der Waals surface area contributed by atoms with Crippen molar-refractivity contribution in [2.45, 2.75) is 43.5 Å². The van der Waals surface area contributed by atoms with Crippen molar-refractivity contribution in [2.24, 2.45) is 20.8 Å². The van der Waals surface area contributed by atoms with Gasteiger partial charge in [0, 0.05) is 0 Å². The summed E-state index contributed by atoms with van der Waals surface area (Å²) in [5.41, 5.74) is 5.72. The van der Waals surface area contributed by atoms with E-state index in [-0.39, 0.29) is 11.9 Å². The fraction of sp³-hybridized carbons (Fsp3) is 0.727. The van der Waals surface area contributed by atoms with E-state index in [0.29, 0.717) is 5.84 Å². The molecule has 3 aliphatic rings. The van der Waals surface area contributed by atoms with Crippen molar-refractivity contribution in [3.8, 4) is 0 Å². The van der Waals surface area contributed by atoms with Crippen molar-refractivity contribution in [3.05, 3.63) is 0 Å². The summed E-state index contributed by atoms with van der Waals surface area (Å²) >= 11 is 0. The van der Waals surface area contributed by atoms with E-state index < -0.39 is 37.1 Å². The molecule has 0 spiro atoms. The summed E-state index contributed by atoms with van der Waals surface area (Å²) in [5, 5.41) is 24.3. The molecule has 1 saturated heterocycles. The number of aliphatic hydroxyl groups is 2. The van der Waals surface area contributed by atoms with Crippen LogP contribution in [-0.2, 0) is 4.74 Å². The monoisotopic (exact) mass is 285 g/mol. The quantitative estimate of drug-likeness (QED) is 0.555. The molecule has 0 saturated carbocycles. The van der Waals surface area contributed by atoms with Gasteiger partial charge in [0.2, 0.25) is 0 Å². The predicted octanol–water partition coefficient (Wildman–Crippen LogP) is -1.77. The average molecular weight is 285 g/mol. The van der Waals surface area contributed by atoms with Gasteiger partial charge in [0.1, 0.15) is 30.7 Å². The number of aliphatic imine (C=N–C) groups is 2. The third kappa shape index (κ3) is 1.81. The van der Waals surface area contributed by atoms with Gasteiger partial charge in [-0.2, -0.15) is 5.10 Å². The van der Waals surface area contributed by atoms with Gasteiger partial charge in [-0.3, -0.25) is 4.99 Å². The highest BCUT2D eigenvalue weighted by atomic mass is 19.1. The molecule has 0 aliphatic carbocycles. The number of fused-ring (bicyclic) bond motifs is 1. The second-order valence-electron chi connectivity index (χ2n) is 5.03. The molecule has 6 unspecified atom stereocenters. The molecule has 3 aliphatic heterocycles. The molecule has 0 amide bonds. The predicted molar refractivity (Wildman–Crippen MR) is 69.3 cm³/mol. The van der Waals surface area contributed by atoms with Crippen molar-refractivity contribution in [1.82, 2.24) is 5.01 Å². The summed E-state index contributed by atoms with van der Waals surface area (Å²) < 4.78 is 19.7. The first-order valence-electron chi connectivity index (χ1n) is 6.36. The summed E-state index contributed by atoms with van der Waals surface area (Å²) in [6, 6.07) is -0.849. The average Bonchev–Trinajstić information content (AvgIpc) is 2.90. The summed E-state index contributed by atoms with van der Waals surface area (Å²) in [4.78, 5) is 8.15. The van der Waals surface area contributed by atoms with Gasteiger partial charge >= 0.3 is 0 Å². The van der Waals surface area contributed by atoms with Crippen LogP contribution in [-0.4, -0.2) is 76.4 Å². The van der Waals surface area contributed by atoms with E-state index in [4.69, 9.17) is 15.6 Å². The summed E-state index contributed by atoms with van der Waals surface area (Å²) in [6.45, 7) is 1.34. The van der Waals surface area contributed by atoms with Crippen LogP contribution < -0.4 is 5.73 Å². The minimum absolute atomic E-state index is 0.210. The maximum atomic E-state index is 14.2. The van der Waals surface area contributed by atoms with Gasteiger partial charge in [-0.15, -0.1) is 0 Å². The van der Waals surface area contributed by atoms with Crippen molar-refractivity contribution in [3.63, 3.8) is 0 Å². The van der Waals surface area contributed by atoms with Crippen LogP contribution in [0, 0.1) is 0 Å². The zero-order valence-corrected chi connectivity index (χ0v) is 10.8. The SMILES string of the molecule is CC1N=C2C(N)=NC=NN2C1C1OC(CO)C(O)C1F. The standard InChI is InChI=1S/C11H16FN5O3/c1-4-7(9-6(12)8(19)5(2-18)20-9)17-11(16-4)10(13)14-3-15-17/h3-9,18-19H,2H2,1H3,(H2,13,14,15). The Hall–Kier alpha value is -1.58. The van der Waals surface area contributed by atoms with E-state index in [9.17, 15) is 9.50 Å². The van der Waals surface area contributed by atoms with Gasteiger partial charge in [0.25, 0.3) is 0 Å². The first kappa shape index (κ1) is 13.4. The molecule has 6 atom stereocenters. The molecule has 4 N–H and O–H groups in total. The number of amidine groups is 2. The number of alkyl halides is 1. The Kier molecular flexibility index (Phi) is 3.19. The molecular weight excluding hydrogens is 269 g/mol. The number of aliphatic hydroxyl groups excluding tert-OH is 2. The minimum atomic E-state index is -1.62. The number of rotatable bonds is 2. The van der Waals surface area contributed by atoms with Gasteiger partial charge in [0.05, 0.1) is 12.6 Å². The molecule has 0 aromatic rings. The topological polar surface area (TPSA) is 116 Å². The molecule has 3 rings (SSSR count). The van der Waals surface area contributed by atoms with Crippen LogP contribution in [0.5, 0.6) is 0 Å².